The van der Waals surface area contributed by atoms with E-state index in [0.717, 1.165) is 16.8 Å². The number of piperidine rings is 1. The van der Waals surface area contributed by atoms with Crippen molar-refractivity contribution in [2.24, 2.45) is 0 Å². The molecule has 1 aromatic heterocycles. The predicted octanol–water partition coefficient (Wildman–Crippen LogP) is 6.06. The highest BCUT2D eigenvalue weighted by Gasteiger charge is 2.49. The Balaban J connectivity index is 0.00000240. The van der Waals surface area contributed by atoms with Crippen molar-refractivity contribution in [3.8, 4) is 11.8 Å². The Bertz CT molecular complexity index is 1650. The summed E-state index contributed by atoms with van der Waals surface area (Å²) in [6.07, 6.45) is 0.118. The lowest BCUT2D eigenvalue weighted by Gasteiger charge is -2.41. The number of carbonyl (C=O) groups excluding carboxylic acids is 1. The Morgan fingerprint density at radius 2 is 1.67 bits per heavy atom. The minimum Gasteiger partial charge on any atom is -0.406 e. The summed E-state index contributed by atoms with van der Waals surface area (Å²) in [7, 11) is 0. The van der Waals surface area contributed by atoms with Crippen LogP contribution in [-0.4, -0.2) is 56.9 Å². The van der Waals surface area contributed by atoms with Gasteiger partial charge < -0.3 is 14.2 Å². The van der Waals surface area contributed by atoms with Crippen LogP contribution in [-0.2, 0) is 17.9 Å². The second kappa shape index (κ2) is 14.6. The summed E-state index contributed by atoms with van der Waals surface area (Å²) in [5, 5.41) is 12.6. The molecule has 2 aliphatic heterocycles. The van der Waals surface area contributed by atoms with Gasteiger partial charge in [0.1, 0.15) is 11.3 Å². The molecular formula is C33H33Cl2F3N6O2. The summed E-state index contributed by atoms with van der Waals surface area (Å²) in [4.78, 5) is 22.2. The molecule has 46 heavy (non-hydrogen) atoms. The summed E-state index contributed by atoms with van der Waals surface area (Å²) in [6.45, 7) is 2.43. The van der Waals surface area contributed by atoms with E-state index < -0.39 is 11.9 Å². The van der Waals surface area contributed by atoms with Gasteiger partial charge in [-0.3, -0.25) is 15.0 Å². The van der Waals surface area contributed by atoms with Crippen molar-refractivity contribution in [1.29, 1.82) is 5.26 Å². The van der Waals surface area contributed by atoms with E-state index in [1.54, 1.807) is 11.0 Å². The van der Waals surface area contributed by atoms with E-state index in [4.69, 9.17) is 5.26 Å². The average molecular weight is 674 g/mol. The fourth-order valence-corrected chi connectivity index (χ4v) is 6.22. The Morgan fingerprint density at radius 3 is 2.35 bits per heavy atom. The van der Waals surface area contributed by atoms with Crippen molar-refractivity contribution in [2.45, 2.75) is 43.9 Å². The van der Waals surface area contributed by atoms with Crippen LogP contribution in [0.25, 0.3) is 0 Å². The van der Waals surface area contributed by atoms with E-state index in [-0.39, 0.29) is 49.1 Å². The topological polar surface area (TPSA) is 86.4 Å². The molecule has 1 amide bonds. The monoisotopic (exact) mass is 672 g/mol. The number of alkyl halides is 3. The number of carbonyl (C=O) groups is 1. The van der Waals surface area contributed by atoms with Crippen molar-refractivity contribution in [2.75, 3.05) is 19.8 Å². The van der Waals surface area contributed by atoms with E-state index in [1.807, 2.05) is 55.0 Å². The number of hydrogen-bond donors (Lipinski definition) is 1. The standard InChI is InChI=1S/C33H31F3N6O2.2ClH/c34-33(35,36)44-28-8-4-5-26(17-28)21-42-23-39-32(31(42)43)13-15-40(16-14-32)30(27-6-2-1-3-7-27)29-19-38-22-41(29)20-25-11-9-24(18-37)10-12-25;;/h1-12,17,19,22,30,39H,13-16,20-21,23H2;2*1H. The zero-order chi connectivity index (χ0) is 30.7. The molecule has 1 spiro atoms. The lowest BCUT2D eigenvalue weighted by atomic mass is 9.86. The normalized spacial score (nSPS) is 16.7. The number of aromatic nitrogens is 2. The van der Waals surface area contributed by atoms with Crippen LogP contribution in [0.1, 0.15) is 46.8 Å². The maximum Gasteiger partial charge on any atom is 0.573 e. The van der Waals surface area contributed by atoms with Crippen LogP contribution in [0, 0.1) is 11.3 Å². The minimum absolute atomic E-state index is 0. The molecule has 13 heteroatoms. The van der Waals surface area contributed by atoms with Gasteiger partial charge in [0, 0.05) is 26.2 Å². The molecule has 8 nitrogen and oxygen atoms in total. The Morgan fingerprint density at radius 1 is 0.957 bits per heavy atom. The van der Waals surface area contributed by atoms with Gasteiger partial charge in [-0.25, -0.2) is 4.98 Å². The Labute approximate surface area is 277 Å². The summed E-state index contributed by atoms with van der Waals surface area (Å²) in [6, 6.07) is 25.6. The molecule has 0 radical (unpaired) electrons. The number of ether oxygens (including phenoxy) is 1. The summed E-state index contributed by atoms with van der Waals surface area (Å²) >= 11 is 0. The molecular weight excluding hydrogens is 640 g/mol. The van der Waals surface area contributed by atoms with E-state index >= 15 is 0 Å². The van der Waals surface area contributed by atoms with Crippen molar-refractivity contribution < 1.29 is 22.7 Å². The third-order valence-electron chi connectivity index (χ3n) is 8.40. The second-order valence-electron chi connectivity index (χ2n) is 11.2. The van der Waals surface area contributed by atoms with Crippen molar-refractivity contribution in [3.63, 3.8) is 0 Å². The summed E-state index contributed by atoms with van der Waals surface area (Å²) in [5.74, 6) is -0.343. The minimum atomic E-state index is -4.78. The third-order valence-corrected chi connectivity index (χ3v) is 8.40. The number of likely N-dealkylation sites (tertiary alicyclic amines) is 1. The molecule has 2 saturated heterocycles. The highest BCUT2D eigenvalue weighted by molar-refractivity contribution is 5.88. The van der Waals surface area contributed by atoms with Gasteiger partial charge >= 0.3 is 6.36 Å². The van der Waals surface area contributed by atoms with Gasteiger partial charge in [-0.2, -0.15) is 5.26 Å². The maximum absolute atomic E-state index is 13.7. The fraction of sp³-hybridized carbons (Fsp3) is 0.303. The Hall–Kier alpha value is -4.08. The van der Waals surface area contributed by atoms with Crippen LogP contribution in [0.2, 0.25) is 0 Å². The first-order valence-electron chi connectivity index (χ1n) is 14.4. The third kappa shape index (κ3) is 7.65. The summed E-state index contributed by atoms with van der Waals surface area (Å²) in [5.41, 5.74) is 3.67. The largest absolute Gasteiger partial charge is 0.573 e. The smallest absolute Gasteiger partial charge is 0.406 e. The maximum atomic E-state index is 13.7. The van der Waals surface area contributed by atoms with Gasteiger partial charge in [0.15, 0.2) is 0 Å². The molecule has 1 N–H and O–H groups in total. The average Bonchev–Trinajstić information content (AvgIpc) is 3.58. The van der Waals surface area contributed by atoms with Crippen molar-refractivity contribution >= 4 is 30.7 Å². The molecule has 2 aliphatic rings. The SMILES string of the molecule is Cl.Cl.N#Cc1ccc(Cn2cncc2C(c2ccccc2)N2CCC3(CC2)NCN(Cc2cccc(OC(F)(F)F)c2)C3=O)cc1. The lowest BCUT2D eigenvalue weighted by molar-refractivity contribution is -0.274. The first-order valence-corrected chi connectivity index (χ1v) is 14.4. The number of benzene rings is 3. The number of rotatable bonds is 8. The van der Waals surface area contributed by atoms with Gasteiger partial charge in [0.25, 0.3) is 0 Å². The van der Waals surface area contributed by atoms with Gasteiger partial charge in [0.05, 0.1) is 42.6 Å². The molecule has 242 valence electrons. The van der Waals surface area contributed by atoms with E-state index in [9.17, 15) is 18.0 Å². The first kappa shape index (κ1) is 34.8. The number of nitrogens with one attached hydrogen (secondary N) is 1. The first-order chi connectivity index (χ1) is 21.2. The number of nitrogens with zero attached hydrogens (tertiary/aromatic N) is 5. The molecule has 3 aromatic carbocycles. The van der Waals surface area contributed by atoms with Crippen LogP contribution >= 0.6 is 24.8 Å². The van der Waals surface area contributed by atoms with Crippen LogP contribution < -0.4 is 10.1 Å². The molecule has 3 heterocycles. The Kier molecular flexibility index (Phi) is 11.0. The lowest BCUT2D eigenvalue weighted by Crippen LogP contribution is -2.55. The zero-order valence-electron chi connectivity index (χ0n) is 24.7. The zero-order valence-corrected chi connectivity index (χ0v) is 26.3. The molecule has 1 atom stereocenters. The molecule has 0 bridgehead atoms. The van der Waals surface area contributed by atoms with E-state index in [0.29, 0.717) is 50.3 Å². The number of amides is 1. The number of nitriles is 1. The van der Waals surface area contributed by atoms with Crippen LogP contribution in [0.15, 0.2) is 91.4 Å². The predicted molar refractivity (Wildman–Crippen MR) is 170 cm³/mol. The molecule has 1 unspecified atom stereocenters. The van der Waals surface area contributed by atoms with E-state index in [2.05, 4.69) is 42.7 Å². The van der Waals surface area contributed by atoms with Crippen LogP contribution in [0.3, 0.4) is 0 Å². The van der Waals surface area contributed by atoms with Crippen molar-refractivity contribution in [3.05, 3.63) is 119 Å². The van der Waals surface area contributed by atoms with Gasteiger partial charge in [-0.05, 0) is 53.8 Å². The molecule has 6 rings (SSSR count). The summed E-state index contributed by atoms with van der Waals surface area (Å²) < 4.78 is 44.3. The van der Waals surface area contributed by atoms with Gasteiger partial charge in [0.2, 0.25) is 5.91 Å². The molecule has 2 fully saturated rings. The number of halogens is 5. The van der Waals surface area contributed by atoms with E-state index in [1.165, 1.54) is 18.2 Å². The van der Waals surface area contributed by atoms with Crippen LogP contribution in [0.4, 0.5) is 13.2 Å². The quantitative estimate of drug-likeness (QED) is 0.245. The fourth-order valence-electron chi connectivity index (χ4n) is 6.22. The molecule has 4 aromatic rings. The number of hydrogen-bond acceptors (Lipinski definition) is 6. The number of imidazole rings is 1. The highest BCUT2D eigenvalue weighted by Crippen LogP contribution is 2.36. The second-order valence-corrected chi connectivity index (χ2v) is 11.2. The highest BCUT2D eigenvalue weighted by atomic mass is 35.5. The molecule has 0 aliphatic carbocycles. The van der Waals surface area contributed by atoms with Crippen LogP contribution in [0.5, 0.6) is 5.75 Å². The van der Waals surface area contributed by atoms with Crippen molar-refractivity contribution in [1.82, 2.24) is 24.7 Å². The van der Waals surface area contributed by atoms with Gasteiger partial charge in [-0.1, -0.05) is 54.6 Å². The molecule has 0 saturated carbocycles. The van der Waals surface area contributed by atoms with Gasteiger partial charge in [-0.15, -0.1) is 38.0 Å².